The SMILES string of the molecule is CCOC(=O)/C=C/[C@H](C[C@@H]1CCCCC1=O)NC(=O)[C@@H](CC(=O)[C@H](Cc1cccc2ccccc12)NC(=O)c1cc(C)on1)CC(C)C. The minimum absolute atomic E-state index is 0.0631. The highest BCUT2D eigenvalue weighted by Gasteiger charge is 2.32. The Labute approximate surface area is 282 Å². The van der Waals surface area contributed by atoms with E-state index in [0.717, 1.165) is 35.6 Å². The number of carbonyl (C=O) groups excluding carboxylic acids is 5. The number of ketones is 2. The summed E-state index contributed by atoms with van der Waals surface area (Å²) in [5.74, 6) is -1.93. The third kappa shape index (κ3) is 10.5. The van der Waals surface area contributed by atoms with E-state index in [1.165, 1.54) is 12.1 Å². The van der Waals surface area contributed by atoms with Crippen molar-refractivity contribution in [2.75, 3.05) is 6.61 Å². The fraction of sp³-hybridized carbons (Fsp3) is 0.474. The Balaban J connectivity index is 1.57. The summed E-state index contributed by atoms with van der Waals surface area (Å²) in [6.45, 7) is 7.56. The standard InChI is InChI=1S/C38H47N3O7/c1-5-47-36(44)18-17-30(21-28-12-7-9-16-34(28)42)39-37(45)29(19-24(2)3)23-35(43)32(40-38(46)33-20-25(4)48-41-33)22-27-14-10-13-26-11-6-8-15-31(26)27/h6,8,10-11,13-15,17-18,20,24,28-30,32H,5,7,9,12,16,19,21-23H2,1-4H3,(H,39,45)(H,40,46)/b18-17+/t28-,29+,30+,32-/m0/s1. The first-order valence-corrected chi connectivity index (χ1v) is 17.0. The third-order valence-corrected chi connectivity index (χ3v) is 8.73. The number of amides is 2. The van der Waals surface area contributed by atoms with Crippen LogP contribution in [-0.4, -0.2) is 53.2 Å². The molecule has 1 heterocycles. The number of hydrogen-bond donors (Lipinski definition) is 2. The molecule has 2 N–H and O–H groups in total. The zero-order valence-electron chi connectivity index (χ0n) is 28.3. The topological polar surface area (TPSA) is 145 Å². The zero-order chi connectivity index (χ0) is 34.6. The van der Waals surface area contributed by atoms with Crippen LogP contribution in [0.25, 0.3) is 10.8 Å². The molecule has 0 spiro atoms. The Morgan fingerprint density at radius 3 is 2.54 bits per heavy atom. The zero-order valence-corrected chi connectivity index (χ0v) is 28.3. The van der Waals surface area contributed by atoms with Crippen LogP contribution in [0.4, 0.5) is 0 Å². The van der Waals surface area contributed by atoms with Gasteiger partial charge in [0.25, 0.3) is 5.91 Å². The molecule has 1 fully saturated rings. The maximum absolute atomic E-state index is 14.1. The number of rotatable bonds is 16. The molecule has 0 radical (unpaired) electrons. The molecule has 4 atom stereocenters. The van der Waals surface area contributed by atoms with Gasteiger partial charge < -0.3 is 19.9 Å². The fourth-order valence-electron chi connectivity index (χ4n) is 6.36. The van der Waals surface area contributed by atoms with Gasteiger partial charge in [0.1, 0.15) is 11.5 Å². The lowest BCUT2D eigenvalue weighted by atomic mass is 9.83. The Hall–Kier alpha value is -4.60. The molecule has 2 amide bonds. The van der Waals surface area contributed by atoms with E-state index >= 15 is 0 Å². The van der Waals surface area contributed by atoms with Gasteiger partial charge in [0.15, 0.2) is 11.5 Å². The van der Waals surface area contributed by atoms with Gasteiger partial charge in [-0.2, -0.15) is 0 Å². The van der Waals surface area contributed by atoms with Crippen molar-refractivity contribution in [3.63, 3.8) is 0 Å². The largest absolute Gasteiger partial charge is 0.463 e. The maximum atomic E-state index is 14.1. The number of carbonyl (C=O) groups is 5. The number of hydrogen-bond acceptors (Lipinski definition) is 8. The second kappa shape index (κ2) is 17.5. The summed E-state index contributed by atoms with van der Waals surface area (Å²) >= 11 is 0. The number of benzene rings is 2. The summed E-state index contributed by atoms with van der Waals surface area (Å²) in [5.41, 5.74) is 0.947. The number of aromatic nitrogens is 1. The number of Topliss-reactive ketones (excluding diaryl/α,β-unsaturated/α-hetero) is 2. The van der Waals surface area contributed by atoms with E-state index in [-0.39, 0.29) is 54.5 Å². The molecular weight excluding hydrogens is 610 g/mol. The van der Waals surface area contributed by atoms with Gasteiger partial charge >= 0.3 is 5.97 Å². The van der Waals surface area contributed by atoms with Crippen molar-refractivity contribution >= 4 is 40.1 Å². The molecule has 1 aromatic heterocycles. The molecule has 10 heteroatoms. The number of aryl methyl sites for hydroxylation is 1. The number of fused-ring (bicyclic) bond motifs is 1. The van der Waals surface area contributed by atoms with Crippen LogP contribution in [0, 0.1) is 24.7 Å². The first-order chi connectivity index (χ1) is 23.0. The smallest absolute Gasteiger partial charge is 0.330 e. The molecule has 256 valence electrons. The molecule has 0 saturated heterocycles. The Morgan fingerprint density at radius 2 is 1.83 bits per heavy atom. The summed E-state index contributed by atoms with van der Waals surface area (Å²) in [5, 5.41) is 11.7. The van der Waals surface area contributed by atoms with E-state index in [9.17, 15) is 24.0 Å². The van der Waals surface area contributed by atoms with Crippen molar-refractivity contribution in [1.82, 2.24) is 15.8 Å². The van der Waals surface area contributed by atoms with Gasteiger partial charge in [0, 0.05) is 49.3 Å². The average Bonchev–Trinajstić information content (AvgIpc) is 3.50. The van der Waals surface area contributed by atoms with E-state index < -0.39 is 29.9 Å². The predicted octanol–water partition coefficient (Wildman–Crippen LogP) is 5.85. The van der Waals surface area contributed by atoms with Crippen LogP contribution >= 0.6 is 0 Å². The molecule has 1 aliphatic rings. The second-order valence-corrected chi connectivity index (χ2v) is 13.1. The van der Waals surface area contributed by atoms with E-state index in [4.69, 9.17) is 9.26 Å². The minimum Gasteiger partial charge on any atom is -0.463 e. The van der Waals surface area contributed by atoms with Crippen LogP contribution in [-0.2, 0) is 30.3 Å². The summed E-state index contributed by atoms with van der Waals surface area (Å²) in [4.78, 5) is 66.1. The molecule has 4 rings (SSSR count). The first kappa shape index (κ1) is 36.2. The Morgan fingerprint density at radius 1 is 1.06 bits per heavy atom. The summed E-state index contributed by atoms with van der Waals surface area (Å²) in [6, 6.07) is 13.6. The molecule has 2 aromatic carbocycles. The highest BCUT2D eigenvalue weighted by atomic mass is 16.5. The summed E-state index contributed by atoms with van der Waals surface area (Å²) in [7, 11) is 0. The lowest BCUT2D eigenvalue weighted by Crippen LogP contribution is -2.45. The third-order valence-electron chi connectivity index (χ3n) is 8.73. The molecule has 0 bridgehead atoms. The van der Waals surface area contributed by atoms with E-state index in [1.54, 1.807) is 19.9 Å². The van der Waals surface area contributed by atoms with Gasteiger partial charge in [-0.05, 0) is 61.8 Å². The lowest BCUT2D eigenvalue weighted by Gasteiger charge is -2.27. The normalized spacial score (nSPS) is 16.9. The molecule has 1 saturated carbocycles. The van der Waals surface area contributed by atoms with Crippen molar-refractivity contribution in [3.05, 3.63) is 77.7 Å². The average molecular weight is 658 g/mol. The van der Waals surface area contributed by atoms with Crippen molar-refractivity contribution in [2.45, 2.75) is 91.1 Å². The van der Waals surface area contributed by atoms with Crippen molar-refractivity contribution in [1.29, 1.82) is 0 Å². The maximum Gasteiger partial charge on any atom is 0.330 e. The fourth-order valence-corrected chi connectivity index (χ4v) is 6.36. The Kier molecular flexibility index (Phi) is 13.2. The van der Waals surface area contributed by atoms with Gasteiger partial charge in [-0.15, -0.1) is 0 Å². The molecule has 10 nitrogen and oxygen atoms in total. The lowest BCUT2D eigenvalue weighted by molar-refractivity contribution is -0.137. The van der Waals surface area contributed by atoms with Gasteiger partial charge in [0.05, 0.1) is 12.6 Å². The molecule has 1 aliphatic carbocycles. The summed E-state index contributed by atoms with van der Waals surface area (Å²) < 4.78 is 10.1. The van der Waals surface area contributed by atoms with Crippen LogP contribution < -0.4 is 10.6 Å². The highest BCUT2D eigenvalue weighted by Crippen LogP contribution is 2.26. The van der Waals surface area contributed by atoms with Crippen LogP contribution in [0.2, 0.25) is 0 Å². The number of ether oxygens (including phenoxy) is 1. The van der Waals surface area contributed by atoms with Gasteiger partial charge in [-0.1, -0.05) is 74.0 Å². The second-order valence-electron chi connectivity index (χ2n) is 13.1. The minimum atomic E-state index is -0.942. The summed E-state index contributed by atoms with van der Waals surface area (Å²) in [6.07, 6.45) is 6.77. The monoisotopic (exact) mass is 657 g/mol. The highest BCUT2D eigenvalue weighted by molar-refractivity contribution is 5.98. The van der Waals surface area contributed by atoms with Crippen LogP contribution in [0.1, 0.15) is 87.5 Å². The van der Waals surface area contributed by atoms with Crippen LogP contribution in [0.15, 0.2) is 65.2 Å². The quantitative estimate of drug-likeness (QED) is 0.144. The number of nitrogens with one attached hydrogen (secondary N) is 2. The Bertz CT molecular complexity index is 1620. The molecular formula is C38H47N3O7. The van der Waals surface area contributed by atoms with Crippen molar-refractivity contribution in [3.8, 4) is 0 Å². The molecule has 0 aliphatic heterocycles. The van der Waals surface area contributed by atoms with Crippen LogP contribution in [0.3, 0.4) is 0 Å². The number of esters is 1. The first-order valence-electron chi connectivity index (χ1n) is 17.0. The molecule has 48 heavy (non-hydrogen) atoms. The molecule has 3 aromatic rings. The number of nitrogens with zero attached hydrogens (tertiary/aromatic N) is 1. The van der Waals surface area contributed by atoms with Gasteiger partial charge in [0.2, 0.25) is 5.91 Å². The predicted molar refractivity (Wildman–Crippen MR) is 182 cm³/mol. The van der Waals surface area contributed by atoms with Crippen molar-refractivity contribution in [2.24, 2.45) is 17.8 Å². The molecule has 0 unspecified atom stereocenters. The van der Waals surface area contributed by atoms with E-state index in [0.29, 0.717) is 25.0 Å². The van der Waals surface area contributed by atoms with Gasteiger partial charge in [-0.25, -0.2) is 4.79 Å². The van der Waals surface area contributed by atoms with E-state index in [2.05, 4.69) is 15.8 Å². The van der Waals surface area contributed by atoms with Crippen LogP contribution in [0.5, 0.6) is 0 Å². The van der Waals surface area contributed by atoms with Gasteiger partial charge in [-0.3, -0.25) is 19.2 Å². The van der Waals surface area contributed by atoms with Crippen molar-refractivity contribution < 1.29 is 33.2 Å². The van der Waals surface area contributed by atoms with E-state index in [1.807, 2.05) is 56.3 Å².